The monoisotopic (exact) mass is 370 g/mol. The van der Waals surface area contributed by atoms with Crippen molar-refractivity contribution in [2.24, 2.45) is 13.0 Å². The number of aromatic nitrogens is 4. The van der Waals surface area contributed by atoms with Crippen LogP contribution in [0.25, 0.3) is 0 Å². The van der Waals surface area contributed by atoms with Gasteiger partial charge in [-0.3, -0.25) is 4.68 Å². The van der Waals surface area contributed by atoms with E-state index in [1.54, 1.807) is 0 Å². The molecule has 0 amide bonds. The van der Waals surface area contributed by atoms with Crippen molar-refractivity contribution < 1.29 is 4.74 Å². The van der Waals surface area contributed by atoms with Gasteiger partial charge in [-0.25, -0.2) is 4.98 Å². The number of aryl methyl sites for hydroxylation is 1. The normalized spacial score (nSPS) is 25.9. The molecule has 27 heavy (non-hydrogen) atoms. The molecule has 0 aliphatic carbocycles. The molecule has 2 aromatic heterocycles. The molecule has 7 heteroatoms. The first-order valence-electron chi connectivity index (χ1n) is 10.1. The lowest BCUT2D eigenvalue weighted by Crippen LogP contribution is -2.43. The highest BCUT2D eigenvalue weighted by molar-refractivity contribution is 5.45. The molecular weight excluding hydrogens is 340 g/mol. The third kappa shape index (κ3) is 3.93. The Balaban J connectivity index is 1.52. The number of nitrogens with zero attached hydrogens (tertiary/aromatic N) is 5. The number of anilines is 2. The molecular formula is C20H30N6O. The summed E-state index contributed by atoms with van der Waals surface area (Å²) >= 11 is 0. The van der Waals surface area contributed by atoms with Gasteiger partial charge in [0.1, 0.15) is 5.82 Å². The van der Waals surface area contributed by atoms with Gasteiger partial charge in [0.25, 0.3) is 0 Å². The second kappa shape index (κ2) is 7.84. The summed E-state index contributed by atoms with van der Waals surface area (Å²) < 4.78 is 7.87. The molecule has 2 aromatic rings. The first-order valence-corrected chi connectivity index (χ1v) is 10.1. The Morgan fingerprint density at radius 2 is 2.15 bits per heavy atom. The van der Waals surface area contributed by atoms with Crippen LogP contribution in [0.15, 0.2) is 24.7 Å². The van der Waals surface area contributed by atoms with Crippen molar-refractivity contribution in [2.45, 2.75) is 57.7 Å². The smallest absolute Gasteiger partial charge is 0.227 e. The van der Waals surface area contributed by atoms with Gasteiger partial charge in [0, 0.05) is 38.2 Å². The van der Waals surface area contributed by atoms with Gasteiger partial charge in [-0.15, -0.1) is 0 Å². The van der Waals surface area contributed by atoms with E-state index in [0.29, 0.717) is 18.0 Å². The summed E-state index contributed by atoms with van der Waals surface area (Å²) in [5.74, 6) is 2.17. The van der Waals surface area contributed by atoms with Crippen molar-refractivity contribution in [1.29, 1.82) is 0 Å². The highest BCUT2D eigenvalue weighted by Crippen LogP contribution is 2.34. The standard InChI is InChI=1S/C20H30N6O/c1-14(2)19-16(6-5-11-27-19)23-18-8-9-21-20(24-18)26-10-4-7-17(26)15-12-22-25(3)13-15/h8-9,12-14,16-17,19H,4-7,10-11H2,1-3H3,(H,21,23,24). The van der Waals surface area contributed by atoms with Crippen LogP contribution in [0.3, 0.4) is 0 Å². The molecule has 2 fully saturated rings. The van der Waals surface area contributed by atoms with Crippen molar-refractivity contribution in [3.05, 3.63) is 30.2 Å². The van der Waals surface area contributed by atoms with Crippen LogP contribution in [-0.4, -0.2) is 45.0 Å². The third-order valence-electron chi connectivity index (χ3n) is 5.62. The van der Waals surface area contributed by atoms with Gasteiger partial charge in [0.05, 0.1) is 24.4 Å². The topological polar surface area (TPSA) is 68.1 Å². The van der Waals surface area contributed by atoms with E-state index in [-0.39, 0.29) is 6.10 Å². The first-order chi connectivity index (χ1) is 13.1. The Kier molecular flexibility index (Phi) is 5.29. The van der Waals surface area contributed by atoms with Crippen LogP contribution >= 0.6 is 0 Å². The highest BCUT2D eigenvalue weighted by Gasteiger charge is 2.31. The molecule has 4 heterocycles. The van der Waals surface area contributed by atoms with E-state index in [0.717, 1.165) is 50.6 Å². The Bertz CT molecular complexity index is 760. The first kappa shape index (κ1) is 18.2. The summed E-state index contributed by atoms with van der Waals surface area (Å²) in [6.07, 6.45) is 10.6. The van der Waals surface area contributed by atoms with Crippen molar-refractivity contribution in [1.82, 2.24) is 19.7 Å². The Morgan fingerprint density at radius 1 is 1.26 bits per heavy atom. The van der Waals surface area contributed by atoms with Gasteiger partial charge >= 0.3 is 0 Å². The Hall–Kier alpha value is -2.15. The zero-order chi connectivity index (χ0) is 18.8. The maximum Gasteiger partial charge on any atom is 0.227 e. The molecule has 0 aromatic carbocycles. The molecule has 1 N–H and O–H groups in total. The molecule has 7 nitrogen and oxygen atoms in total. The zero-order valence-corrected chi connectivity index (χ0v) is 16.5. The second-order valence-corrected chi connectivity index (χ2v) is 8.01. The summed E-state index contributed by atoms with van der Waals surface area (Å²) in [6.45, 7) is 6.28. The van der Waals surface area contributed by atoms with Crippen LogP contribution in [0, 0.1) is 5.92 Å². The van der Waals surface area contributed by atoms with E-state index in [1.165, 1.54) is 5.56 Å². The fourth-order valence-corrected chi connectivity index (χ4v) is 4.34. The summed E-state index contributed by atoms with van der Waals surface area (Å²) in [4.78, 5) is 11.7. The van der Waals surface area contributed by atoms with E-state index in [2.05, 4.69) is 40.3 Å². The van der Waals surface area contributed by atoms with Crippen molar-refractivity contribution >= 4 is 11.8 Å². The molecule has 0 bridgehead atoms. The van der Waals surface area contributed by atoms with Gasteiger partial charge < -0.3 is 15.0 Å². The summed E-state index contributed by atoms with van der Waals surface area (Å²) in [5.41, 5.74) is 1.23. The van der Waals surface area contributed by atoms with Crippen LogP contribution in [-0.2, 0) is 11.8 Å². The lowest BCUT2D eigenvalue weighted by atomic mass is 9.94. The van der Waals surface area contributed by atoms with Crippen LogP contribution in [0.1, 0.15) is 51.1 Å². The lowest BCUT2D eigenvalue weighted by molar-refractivity contribution is -0.0203. The minimum absolute atomic E-state index is 0.229. The average molecular weight is 371 g/mol. The summed E-state index contributed by atoms with van der Waals surface area (Å²) in [7, 11) is 1.96. The van der Waals surface area contributed by atoms with E-state index >= 15 is 0 Å². The largest absolute Gasteiger partial charge is 0.376 e. The van der Waals surface area contributed by atoms with Crippen LogP contribution in [0.2, 0.25) is 0 Å². The maximum atomic E-state index is 6.01. The highest BCUT2D eigenvalue weighted by atomic mass is 16.5. The van der Waals surface area contributed by atoms with Gasteiger partial charge in [0.15, 0.2) is 0 Å². The van der Waals surface area contributed by atoms with Gasteiger partial charge in [-0.05, 0) is 37.7 Å². The number of rotatable bonds is 5. The van der Waals surface area contributed by atoms with Crippen molar-refractivity contribution in [3.63, 3.8) is 0 Å². The fraction of sp³-hybridized carbons (Fsp3) is 0.650. The zero-order valence-electron chi connectivity index (χ0n) is 16.5. The van der Waals surface area contributed by atoms with Crippen LogP contribution < -0.4 is 10.2 Å². The molecule has 0 radical (unpaired) electrons. The predicted octanol–water partition coefficient (Wildman–Crippen LogP) is 3.17. The molecule has 0 saturated carbocycles. The molecule has 3 atom stereocenters. The van der Waals surface area contributed by atoms with Crippen molar-refractivity contribution in [2.75, 3.05) is 23.4 Å². The Morgan fingerprint density at radius 3 is 2.93 bits per heavy atom. The number of hydrogen-bond acceptors (Lipinski definition) is 6. The summed E-state index contributed by atoms with van der Waals surface area (Å²) in [6, 6.07) is 2.56. The maximum absolute atomic E-state index is 6.01. The molecule has 0 spiro atoms. The molecule has 3 unspecified atom stereocenters. The molecule has 2 aliphatic heterocycles. The number of hydrogen-bond donors (Lipinski definition) is 1. The quantitative estimate of drug-likeness (QED) is 0.872. The fourth-order valence-electron chi connectivity index (χ4n) is 4.34. The minimum Gasteiger partial charge on any atom is -0.376 e. The molecule has 2 saturated heterocycles. The van der Waals surface area contributed by atoms with E-state index < -0.39 is 0 Å². The Labute approximate surface area is 161 Å². The average Bonchev–Trinajstić information content (AvgIpc) is 3.31. The minimum atomic E-state index is 0.229. The van der Waals surface area contributed by atoms with Crippen LogP contribution in [0.4, 0.5) is 11.8 Å². The van der Waals surface area contributed by atoms with Gasteiger partial charge in [-0.1, -0.05) is 13.8 Å². The predicted molar refractivity (Wildman–Crippen MR) is 106 cm³/mol. The van der Waals surface area contributed by atoms with Crippen LogP contribution in [0.5, 0.6) is 0 Å². The molecule has 2 aliphatic rings. The third-order valence-corrected chi connectivity index (χ3v) is 5.62. The SMILES string of the molecule is CC(C)C1OCCCC1Nc1ccnc(N2CCCC2c2cnn(C)c2)n1. The molecule has 4 rings (SSSR count). The number of ether oxygens (including phenoxy) is 1. The van der Waals surface area contributed by atoms with E-state index in [1.807, 2.05) is 30.2 Å². The van der Waals surface area contributed by atoms with Gasteiger partial charge in [0.2, 0.25) is 5.95 Å². The van der Waals surface area contributed by atoms with Gasteiger partial charge in [-0.2, -0.15) is 10.1 Å². The molecule has 146 valence electrons. The number of nitrogens with one attached hydrogen (secondary N) is 1. The van der Waals surface area contributed by atoms with E-state index in [9.17, 15) is 0 Å². The van der Waals surface area contributed by atoms with Crippen molar-refractivity contribution in [3.8, 4) is 0 Å². The van der Waals surface area contributed by atoms with E-state index in [4.69, 9.17) is 9.72 Å². The lowest BCUT2D eigenvalue weighted by Gasteiger charge is -2.35. The second-order valence-electron chi connectivity index (χ2n) is 8.01. The summed E-state index contributed by atoms with van der Waals surface area (Å²) in [5, 5.41) is 7.95.